The molecule has 5 aromatic rings. The molecule has 0 saturated heterocycles. The number of hydrogen-bond acceptors (Lipinski definition) is 14. The minimum absolute atomic E-state index is 0.0278. The van der Waals surface area contributed by atoms with E-state index in [2.05, 4.69) is 10.6 Å². The highest BCUT2D eigenvalue weighted by Crippen LogP contribution is 2.50. The molecule has 1 aromatic heterocycles. The summed E-state index contributed by atoms with van der Waals surface area (Å²) in [5.41, 5.74) is -7.13. The molecule has 0 radical (unpaired) electrons. The molecule has 0 aliphatic carbocycles. The number of ether oxygens (including phenoxy) is 2. The van der Waals surface area contributed by atoms with E-state index in [1.165, 1.54) is 6.07 Å². The molecule has 4 aromatic carbocycles. The van der Waals surface area contributed by atoms with Crippen LogP contribution in [-0.2, 0) is 59.4 Å². The van der Waals surface area contributed by atoms with Crippen LogP contribution in [0, 0.1) is 28.8 Å². The van der Waals surface area contributed by atoms with Gasteiger partial charge in [-0.15, -0.1) is 11.3 Å². The molecular weight excluding hydrogens is 985 g/mol. The van der Waals surface area contributed by atoms with Gasteiger partial charge < -0.3 is 50.0 Å². The highest BCUT2D eigenvalue weighted by molar-refractivity contribution is 7.92. The van der Waals surface area contributed by atoms with Gasteiger partial charge in [0.15, 0.2) is 0 Å². The number of hydrogen-bond donors (Lipinski definition) is 8. The standard InChI is InChI=1S/C42H32F3N4O17PS2/c43-26-7-18(2-1-17(26)15-46)66-67(60,61)16-49-69(62,63)33-14-25-38(44)36(19-8-27-23(12-31(54)55)34(21(19)10-29(50)51)41(58)47-3-5-64-27)37(39(45)40(25)68-33)20-9-28-24(13-32(56)57)35(22(20)11-30(52)53)42(59)48-4-6-65-28/h1-2,7-9,14,49H,3-6,10-13,16H2,(H,47,58)(H,48,59)(H,50,51)(H,52,53)(H,54,55)(H,56,57)(H,60,61). The van der Waals surface area contributed by atoms with Gasteiger partial charge in [0.2, 0.25) is 0 Å². The lowest BCUT2D eigenvalue weighted by Crippen LogP contribution is -2.33. The summed E-state index contributed by atoms with van der Waals surface area (Å²) in [4.78, 5) is 87.6. The van der Waals surface area contributed by atoms with Gasteiger partial charge in [0.1, 0.15) is 64.5 Å². The molecule has 4 bridgehead atoms. The molecule has 69 heavy (non-hydrogen) atoms. The third kappa shape index (κ3) is 10.0. The first-order valence-corrected chi connectivity index (χ1v) is 23.8. The van der Waals surface area contributed by atoms with Gasteiger partial charge in [0.25, 0.3) is 21.8 Å². The molecule has 1 atom stereocenters. The number of rotatable bonds is 16. The van der Waals surface area contributed by atoms with Crippen LogP contribution >= 0.6 is 18.9 Å². The number of nitrogens with zero attached hydrogens (tertiary/aromatic N) is 1. The molecule has 2 aliphatic rings. The molecule has 27 heteroatoms. The summed E-state index contributed by atoms with van der Waals surface area (Å²) >= 11 is 0.0278. The smallest absolute Gasteiger partial charge is 0.391 e. The Labute approximate surface area is 389 Å². The quantitative estimate of drug-likeness (QED) is 0.0652. The first-order valence-electron chi connectivity index (χ1n) is 19.7. The SMILES string of the molecule is N#Cc1ccc(OP(=O)(O)CNS(=O)(=O)c2cc3c(F)c(-c4cc5c(CC(=O)O)c(c4CC(=O)O)C(=O)NCCO5)c(-c4cc5c(CC(=O)O)c(c4CC(=O)O)C(=O)NCCO5)c(F)c3s2)cc1F. The second-order valence-corrected chi connectivity index (χ2v) is 19.8. The van der Waals surface area contributed by atoms with Crippen LogP contribution in [0.5, 0.6) is 17.2 Å². The Morgan fingerprint density at radius 2 is 1.23 bits per heavy atom. The van der Waals surface area contributed by atoms with Gasteiger partial charge in [0.05, 0.1) is 60.2 Å². The zero-order chi connectivity index (χ0) is 50.3. The molecular formula is C42H32F3N4O17PS2. The molecule has 0 fully saturated rings. The van der Waals surface area contributed by atoms with Crippen molar-refractivity contribution >= 4 is 74.7 Å². The average molecular weight is 1020 g/mol. The van der Waals surface area contributed by atoms with Gasteiger partial charge in [-0.2, -0.15) is 9.98 Å². The van der Waals surface area contributed by atoms with E-state index in [1.54, 1.807) is 4.72 Å². The summed E-state index contributed by atoms with van der Waals surface area (Å²) in [5.74, 6) is -14.3. The summed E-state index contributed by atoms with van der Waals surface area (Å²) in [7, 11) is -10.2. The number of nitrogens with one attached hydrogen (secondary N) is 3. The van der Waals surface area contributed by atoms with Crippen molar-refractivity contribution in [3.05, 3.63) is 92.8 Å². The lowest BCUT2D eigenvalue weighted by Gasteiger charge is -2.27. The van der Waals surface area contributed by atoms with Crippen molar-refractivity contribution in [1.82, 2.24) is 15.4 Å². The van der Waals surface area contributed by atoms with Crippen LogP contribution in [0.1, 0.15) is 48.5 Å². The number of carboxylic acids is 4. The highest BCUT2D eigenvalue weighted by atomic mass is 32.2. The highest BCUT2D eigenvalue weighted by Gasteiger charge is 2.37. The van der Waals surface area contributed by atoms with E-state index in [0.717, 1.165) is 24.3 Å². The van der Waals surface area contributed by atoms with Gasteiger partial charge in [-0.05, 0) is 52.6 Å². The van der Waals surface area contributed by atoms with Crippen molar-refractivity contribution < 1.29 is 94.2 Å². The Balaban J connectivity index is 1.55. The van der Waals surface area contributed by atoms with Gasteiger partial charge in [-0.25, -0.2) is 26.2 Å². The molecule has 1 unspecified atom stereocenters. The van der Waals surface area contributed by atoms with Crippen LogP contribution < -0.4 is 29.4 Å². The molecule has 7 rings (SSSR count). The Hall–Kier alpha value is -7.56. The largest absolute Gasteiger partial charge is 0.491 e. The van der Waals surface area contributed by atoms with Crippen LogP contribution in [-0.4, -0.2) is 102 Å². The van der Waals surface area contributed by atoms with E-state index in [9.17, 15) is 71.5 Å². The number of fused-ring (bicyclic) bond motifs is 5. The van der Waals surface area contributed by atoms with E-state index < -0.39 is 184 Å². The van der Waals surface area contributed by atoms with E-state index in [1.807, 2.05) is 0 Å². The Morgan fingerprint density at radius 1 is 0.754 bits per heavy atom. The van der Waals surface area contributed by atoms with Crippen LogP contribution in [0.25, 0.3) is 32.3 Å². The number of carbonyl (C=O) groups excluding carboxylic acids is 2. The van der Waals surface area contributed by atoms with Gasteiger partial charge in [-0.1, -0.05) is 0 Å². The lowest BCUT2D eigenvalue weighted by molar-refractivity contribution is -0.137. The summed E-state index contributed by atoms with van der Waals surface area (Å²) in [6.45, 7) is -1.06. The minimum Gasteiger partial charge on any atom is -0.491 e. The maximum absolute atomic E-state index is 18.0. The number of amides is 2. The number of sulfonamides is 1. The van der Waals surface area contributed by atoms with Crippen LogP contribution in [0.15, 0.2) is 40.6 Å². The molecule has 360 valence electrons. The van der Waals surface area contributed by atoms with Crippen LogP contribution in [0.4, 0.5) is 13.2 Å². The third-order valence-corrected chi connectivity index (χ3v) is 14.7. The summed E-state index contributed by atoms with van der Waals surface area (Å²) in [5, 5.41) is 53.1. The Kier molecular flexibility index (Phi) is 13.7. The van der Waals surface area contributed by atoms with E-state index >= 15 is 8.78 Å². The molecule has 21 nitrogen and oxygen atoms in total. The molecule has 0 spiro atoms. The number of thiophene rings is 1. The number of benzene rings is 4. The molecule has 0 saturated carbocycles. The third-order valence-electron chi connectivity index (χ3n) is 10.5. The fourth-order valence-corrected chi connectivity index (χ4v) is 11.7. The Bertz CT molecular complexity index is 3150. The maximum atomic E-state index is 18.0. The van der Waals surface area contributed by atoms with Crippen molar-refractivity contribution in [2.45, 2.75) is 29.9 Å². The van der Waals surface area contributed by atoms with Crippen LogP contribution in [0.2, 0.25) is 0 Å². The van der Waals surface area contributed by atoms with Crippen molar-refractivity contribution in [1.29, 1.82) is 5.26 Å². The van der Waals surface area contributed by atoms with Gasteiger partial charge in [-0.3, -0.25) is 28.8 Å². The zero-order valence-corrected chi connectivity index (χ0v) is 37.3. The zero-order valence-electron chi connectivity index (χ0n) is 34.8. The molecule has 3 heterocycles. The van der Waals surface area contributed by atoms with Gasteiger partial charge in [0, 0.05) is 33.7 Å². The Morgan fingerprint density at radius 3 is 1.70 bits per heavy atom. The normalized spacial score (nSPS) is 14.3. The summed E-state index contributed by atoms with van der Waals surface area (Å²) < 4.78 is 107. The number of carboxylic acid groups (broad SMARTS) is 4. The maximum Gasteiger partial charge on any atom is 0.391 e. The first-order chi connectivity index (χ1) is 32.5. The second-order valence-electron chi connectivity index (χ2n) is 15.0. The average Bonchev–Trinajstić information content (AvgIpc) is 3.72. The molecule has 8 N–H and O–H groups in total. The van der Waals surface area contributed by atoms with Crippen molar-refractivity contribution in [2.75, 3.05) is 32.6 Å². The number of carbonyl (C=O) groups is 6. The topological polar surface area (TPSA) is 342 Å². The fourth-order valence-electron chi connectivity index (χ4n) is 7.77. The number of halogens is 3. The van der Waals surface area contributed by atoms with Crippen molar-refractivity contribution in [3.63, 3.8) is 0 Å². The van der Waals surface area contributed by atoms with E-state index in [4.69, 9.17) is 19.3 Å². The van der Waals surface area contributed by atoms with Gasteiger partial charge >= 0.3 is 31.5 Å². The second kappa shape index (κ2) is 19.2. The number of nitriles is 1. The monoisotopic (exact) mass is 1020 g/mol. The number of aliphatic carboxylic acids is 4. The van der Waals surface area contributed by atoms with Crippen LogP contribution in [0.3, 0.4) is 0 Å². The summed E-state index contributed by atoms with van der Waals surface area (Å²) in [6, 6.07) is 6.39. The summed E-state index contributed by atoms with van der Waals surface area (Å²) in [6.07, 6.45) is -5.74. The predicted molar refractivity (Wildman–Crippen MR) is 230 cm³/mol. The van der Waals surface area contributed by atoms with E-state index in [0.29, 0.717) is 12.1 Å². The lowest BCUT2D eigenvalue weighted by atomic mass is 9.81. The molecule has 2 amide bonds. The molecule has 2 aliphatic heterocycles. The predicted octanol–water partition coefficient (Wildman–Crippen LogP) is 3.78. The van der Waals surface area contributed by atoms with E-state index in [-0.39, 0.29) is 48.8 Å². The van der Waals surface area contributed by atoms with Crippen molar-refractivity contribution in [3.8, 4) is 45.6 Å². The van der Waals surface area contributed by atoms with Crippen molar-refractivity contribution in [2.24, 2.45) is 0 Å². The first kappa shape index (κ1) is 49.3. The fraction of sp³-hybridized carbons (Fsp3) is 0.214. The minimum atomic E-state index is -5.09.